The van der Waals surface area contributed by atoms with Crippen molar-refractivity contribution in [3.8, 4) is 0 Å². The molecule has 0 spiro atoms. The van der Waals surface area contributed by atoms with Crippen LogP contribution < -0.4 is 0 Å². The third-order valence-electron chi connectivity index (χ3n) is 16.4. The molecule has 0 radical (unpaired) electrons. The van der Waals surface area contributed by atoms with Crippen molar-refractivity contribution in [2.45, 2.75) is 202 Å². The van der Waals surface area contributed by atoms with Crippen molar-refractivity contribution >= 4 is 16.6 Å². The van der Waals surface area contributed by atoms with Crippen LogP contribution in [0.1, 0.15) is 129 Å². The predicted molar refractivity (Wildman–Crippen MR) is 213 cm³/mol. The first-order valence-electron chi connectivity index (χ1n) is 20.6. The maximum Gasteiger partial charge on any atom is 0.192 e. The maximum atomic E-state index is 12.2. The van der Waals surface area contributed by atoms with Gasteiger partial charge in [0.25, 0.3) is 0 Å². The number of rotatable bonds is 8. The van der Waals surface area contributed by atoms with Crippen molar-refractivity contribution in [3.63, 3.8) is 0 Å². The quantitative estimate of drug-likeness (QED) is 0.199. The van der Waals surface area contributed by atoms with Gasteiger partial charge in [0.1, 0.15) is 0 Å². The molecule has 4 saturated carbocycles. The fourth-order valence-electron chi connectivity index (χ4n) is 11.3. The van der Waals surface area contributed by atoms with Crippen LogP contribution in [0.4, 0.5) is 0 Å². The van der Waals surface area contributed by atoms with E-state index in [0.717, 1.165) is 32.1 Å². The summed E-state index contributed by atoms with van der Waals surface area (Å²) in [7, 11) is -4.07. The zero-order valence-electron chi connectivity index (χ0n) is 35.8. The fraction of sp³-hybridized carbons (Fsp3) is 0.953. The van der Waals surface area contributed by atoms with Crippen molar-refractivity contribution < 1.29 is 23.4 Å². The first-order valence-corrected chi connectivity index (χ1v) is 26.5. The molecule has 0 aromatic heterocycles. The number of ether oxygens (including phenoxy) is 2. The molecule has 5 aliphatic rings. The van der Waals surface area contributed by atoms with E-state index >= 15 is 0 Å². The van der Waals surface area contributed by atoms with Crippen molar-refractivity contribution in [2.75, 3.05) is 0 Å². The molecule has 14 atom stereocenters. The summed E-state index contributed by atoms with van der Waals surface area (Å²) in [5, 5.41) is 12.5. The highest BCUT2D eigenvalue weighted by molar-refractivity contribution is 6.74. The molecule has 4 aliphatic carbocycles. The standard InChI is InChI=1S/C43H80O5Si2/c1-26(2)27(3)19-20-28(4)35-32(44)24-30-34-36(33(25-43(30,35)14)48-50(17,18)40(8,9)10)42(13)22-21-29(47-49(15,16)39(5,6)7)23-31(42)37-38(34)46-41(11,12)45-37/h19-20,26-38,44H,21-25H2,1-18H3/b20-19+/t27-,28+,29-,30-,31+,32-,33-,34-,35-,36-,37+,38+,42-,43-/m0/s1. The molecule has 0 amide bonds. The second-order valence-corrected chi connectivity index (χ2v) is 32.0. The predicted octanol–water partition coefficient (Wildman–Crippen LogP) is 11.2. The van der Waals surface area contributed by atoms with Gasteiger partial charge in [-0.2, -0.15) is 0 Å². The van der Waals surface area contributed by atoms with Gasteiger partial charge in [0.2, 0.25) is 0 Å². The van der Waals surface area contributed by atoms with Crippen LogP contribution in [0.2, 0.25) is 36.3 Å². The molecule has 1 N–H and O–H groups in total. The minimum atomic E-state index is -2.14. The lowest BCUT2D eigenvalue weighted by atomic mass is 9.42. The van der Waals surface area contributed by atoms with Gasteiger partial charge in [-0.3, -0.25) is 0 Å². The van der Waals surface area contributed by atoms with E-state index in [0.29, 0.717) is 29.6 Å². The van der Waals surface area contributed by atoms with E-state index in [4.69, 9.17) is 18.3 Å². The molecular weight excluding hydrogens is 653 g/mol. The van der Waals surface area contributed by atoms with Gasteiger partial charge in [0, 0.05) is 12.2 Å². The van der Waals surface area contributed by atoms with Crippen LogP contribution in [-0.2, 0) is 18.3 Å². The third-order valence-corrected chi connectivity index (χ3v) is 25.4. The van der Waals surface area contributed by atoms with Crippen molar-refractivity contribution in [2.24, 2.45) is 58.2 Å². The van der Waals surface area contributed by atoms with E-state index < -0.39 is 22.4 Å². The van der Waals surface area contributed by atoms with Gasteiger partial charge in [-0.05, 0) is 140 Å². The Morgan fingerprint density at radius 1 is 0.760 bits per heavy atom. The molecule has 0 unspecified atom stereocenters. The van der Waals surface area contributed by atoms with Gasteiger partial charge in [-0.15, -0.1) is 0 Å². The Morgan fingerprint density at radius 2 is 1.32 bits per heavy atom. The molecule has 50 heavy (non-hydrogen) atoms. The summed E-state index contributed by atoms with van der Waals surface area (Å²) in [6.45, 7) is 42.6. The first kappa shape index (κ1) is 41.1. The van der Waals surface area contributed by atoms with Crippen molar-refractivity contribution in [1.29, 1.82) is 0 Å². The lowest BCUT2D eigenvalue weighted by Gasteiger charge is -2.66. The number of aliphatic hydroxyl groups excluding tert-OH is 1. The molecule has 0 bridgehead atoms. The van der Waals surface area contributed by atoms with E-state index in [1.165, 1.54) is 0 Å². The minimum Gasteiger partial charge on any atom is -0.414 e. The number of allylic oxidation sites excluding steroid dienone is 2. The molecule has 5 fully saturated rings. The largest absolute Gasteiger partial charge is 0.414 e. The van der Waals surface area contributed by atoms with E-state index in [2.05, 4.69) is 135 Å². The molecular formula is C43H80O5Si2. The Kier molecular flexibility index (Phi) is 11.0. The summed E-state index contributed by atoms with van der Waals surface area (Å²) >= 11 is 0. The van der Waals surface area contributed by atoms with Gasteiger partial charge in [-0.1, -0.05) is 95.2 Å². The summed E-state index contributed by atoms with van der Waals surface area (Å²) in [6.07, 6.45) is 10.0. The molecule has 7 heteroatoms. The van der Waals surface area contributed by atoms with Crippen LogP contribution in [0, 0.1) is 58.2 Å². The molecule has 0 aromatic rings. The molecule has 1 saturated heterocycles. The number of hydrogen-bond donors (Lipinski definition) is 1. The number of hydrogen-bond acceptors (Lipinski definition) is 5. The van der Waals surface area contributed by atoms with Crippen LogP contribution in [0.15, 0.2) is 12.2 Å². The SMILES string of the molecule is CC(C)[C@@H](C)/C=C/[C@@H](C)[C@H]1[C@@H](O)C[C@H]2[C@@H]3[C@H]4OC(C)(C)O[C@@H]4[C@H]4C[C@@H](O[Si](C)(C)C(C)(C)C)CC[C@]4(C)[C@H]3[C@@H](O[Si](C)(C)C(C)(C)C)C[C@]12C. The Bertz CT molecular complexity index is 1250. The second kappa shape index (κ2) is 13.3. The average Bonchev–Trinajstić information content (AvgIpc) is 3.40. The average molecular weight is 733 g/mol. The molecule has 1 heterocycles. The monoisotopic (exact) mass is 733 g/mol. The highest BCUT2D eigenvalue weighted by atomic mass is 28.4. The highest BCUT2D eigenvalue weighted by Gasteiger charge is 2.72. The summed E-state index contributed by atoms with van der Waals surface area (Å²) in [5.74, 6) is 2.28. The lowest BCUT2D eigenvalue weighted by molar-refractivity contribution is -0.221. The second-order valence-electron chi connectivity index (χ2n) is 22.5. The maximum absolute atomic E-state index is 12.2. The zero-order valence-corrected chi connectivity index (χ0v) is 37.8. The van der Waals surface area contributed by atoms with Crippen molar-refractivity contribution in [1.82, 2.24) is 0 Å². The van der Waals surface area contributed by atoms with Crippen LogP contribution in [0.5, 0.6) is 0 Å². The van der Waals surface area contributed by atoms with E-state index in [-0.39, 0.29) is 69.2 Å². The summed E-state index contributed by atoms with van der Waals surface area (Å²) < 4.78 is 29.2. The van der Waals surface area contributed by atoms with Gasteiger partial charge < -0.3 is 23.4 Å². The number of aliphatic hydroxyl groups is 1. The third kappa shape index (κ3) is 7.12. The van der Waals surface area contributed by atoms with E-state index in [1.807, 2.05) is 0 Å². The van der Waals surface area contributed by atoms with Crippen molar-refractivity contribution in [3.05, 3.63) is 12.2 Å². The van der Waals surface area contributed by atoms with Crippen LogP contribution in [-0.4, -0.2) is 58.0 Å². The van der Waals surface area contributed by atoms with Crippen LogP contribution in [0.3, 0.4) is 0 Å². The van der Waals surface area contributed by atoms with Gasteiger partial charge in [-0.25, -0.2) is 0 Å². The Labute approximate surface area is 311 Å². The fourth-order valence-corrected chi connectivity index (χ4v) is 14.0. The number of fused-ring (bicyclic) bond motifs is 8. The van der Waals surface area contributed by atoms with Gasteiger partial charge in [0.05, 0.1) is 18.3 Å². The summed E-state index contributed by atoms with van der Waals surface area (Å²) in [6, 6.07) is 0. The van der Waals surface area contributed by atoms with Crippen LogP contribution >= 0.6 is 0 Å². The smallest absolute Gasteiger partial charge is 0.192 e. The molecule has 1 aliphatic heterocycles. The van der Waals surface area contributed by atoms with Gasteiger partial charge in [0.15, 0.2) is 22.4 Å². The molecule has 0 aromatic carbocycles. The Balaban J connectivity index is 1.60. The normalized spacial score (nSPS) is 43.4. The highest BCUT2D eigenvalue weighted by Crippen LogP contribution is 2.71. The minimum absolute atomic E-state index is 0.00685. The van der Waals surface area contributed by atoms with Gasteiger partial charge >= 0.3 is 0 Å². The Morgan fingerprint density at radius 3 is 1.88 bits per heavy atom. The lowest BCUT2D eigenvalue weighted by Crippen LogP contribution is -2.68. The van der Waals surface area contributed by atoms with E-state index in [9.17, 15) is 5.11 Å². The topological polar surface area (TPSA) is 57.2 Å². The first-order chi connectivity index (χ1) is 22.6. The molecule has 5 rings (SSSR count). The molecule has 290 valence electrons. The summed E-state index contributed by atoms with van der Waals surface area (Å²) in [4.78, 5) is 0. The van der Waals surface area contributed by atoms with Crippen LogP contribution in [0.25, 0.3) is 0 Å². The van der Waals surface area contributed by atoms with E-state index in [1.54, 1.807) is 0 Å². The zero-order chi connectivity index (χ0) is 37.8. The Hall–Kier alpha value is -0.0262. The summed E-state index contributed by atoms with van der Waals surface area (Å²) in [5.41, 5.74) is -0.0244. The molecule has 5 nitrogen and oxygen atoms in total.